The van der Waals surface area contributed by atoms with E-state index in [9.17, 15) is 14.7 Å². The average molecular weight is 502 g/mol. The zero-order valence-corrected chi connectivity index (χ0v) is 22.0. The zero-order valence-electron chi connectivity index (χ0n) is 22.0. The van der Waals surface area contributed by atoms with Crippen LogP contribution in [0.15, 0.2) is 66.7 Å². The number of aliphatic carboxylic acids is 1. The number of benzene rings is 3. The number of nitrogens with zero attached hydrogens (tertiary/aromatic N) is 1. The molecule has 37 heavy (non-hydrogen) atoms. The van der Waals surface area contributed by atoms with Crippen LogP contribution in [0.2, 0.25) is 0 Å². The van der Waals surface area contributed by atoms with E-state index in [0.717, 1.165) is 35.3 Å². The van der Waals surface area contributed by atoms with Crippen LogP contribution in [0.1, 0.15) is 54.5 Å². The van der Waals surface area contributed by atoms with Crippen LogP contribution in [0.5, 0.6) is 11.5 Å². The second kappa shape index (κ2) is 11.1. The third kappa shape index (κ3) is 6.70. The number of carbonyl (C=O) groups excluding carboxylic acids is 1. The second-order valence-electron chi connectivity index (χ2n) is 10.4. The summed E-state index contributed by atoms with van der Waals surface area (Å²) in [7, 11) is 1.59. The Morgan fingerprint density at radius 2 is 1.65 bits per heavy atom. The molecule has 0 aromatic heterocycles. The molecule has 0 saturated heterocycles. The van der Waals surface area contributed by atoms with E-state index in [4.69, 9.17) is 9.47 Å². The summed E-state index contributed by atoms with van der Waals surface area (Å²) in [5, 5.41) is 9.38. The molecule has 0 saturated carbocycles. The van der Waals surface area contributed by atoms with Crippen molar-refractivity contribution in [2.75, 3.05) is 13.7 Å². The number of amides is 1. The van der Waals surface area contributed by atoms with Crippen LogP contribution in [0.4, 0.5) is 0 Å². The van der Waals surface area contributed by atoms with Crippen molar-refractivity contribution < 1.29 is 24.2 Å². The second-order valence-corrected chi connectivity index (χ2v) is 10.4. The van der Waals surface area contributed by atoms with Gasteiger partial charge in [0.15, 0.2) is 0 Å². The number of carbonyl (C=O) groups is 2. The Balaban J connectivity index is 1.42. The quantitative estimate of drug-likeness (QED) is 0.402. The van der Waals surface area contributed by atoms with Crippen molar-refractivity contribution >= 4 is 11.9 Å². The first-order valence-electron chi connectivity index (χ1n) is 12.7. The minimum Gasteiger partial charge on any atom is -0.497 e. The number of methoxy groups -OCH3 is 1. The smallest absolute Gasteiger partial charge is 0.323 e. The van der Waals surface area contributed by atoms with E-state index in [-0.39, 0.29) is 31.0 Å². The number of rotatable bonds is 10. The van der Waals surface area contributed by atoms with Gasteiger partial charge in [-0.1, -0.05) is 62.4 Å². The molecule has 1 aliphatic rings. The van der Waals surface area contributed by atoms with Gasteiger partial charge in [0.2, 0.25) is 5.91 Å². The van der Waals surface area contributed by atoms with Gasteiger partial charge in [0, 0.05) is 19.4 Å². The molecule has 194 valence electrons. The lowest BCUT2D eigenvalue weighted by molar-refractivity contribution is -0.144. The third-order valence-corrected chi connectivity index (χ3v) is 6.84. The number of carboxylic acids is 1. The molecule has 0 fully saturated rings. The van der Waals surface area contributed by atoms with Gasteiger partial charge in [0.05, 0.1) is 13.5 Å². The fourth-order valence-electron chi connectivity index (χ4n) is 4.87. The Hall–Kier alpha value is -3.80. The van der Waals surface area contributed by atoms with Gasteiger partial charge in [0.25, 0.3) is 0 Å². The van der Waals surface area contributed by atoms with Crippen LogP contribution in [-0.4, -0.2) is 41.1 Å². The van der Waals surface area contributed by atoms with E-state index in [0.29, 0.717) is 11.7 Å². The van der Waals surface area contributed by atoms with Crippen molar-refractivity contribution in [2.45, 2.75) is 58.1 Å². The molecule has 0 spiro atoms. The molecule has 1 amide bonds. The van der Waals surface area contributed by atoms with Gasteiger partial charge in [-0.2, -0.15) is 0 Å². The molecule has 4 rings (SSSR count). The van der Waals surface area contributed by atoms with E-state index >= 15 is 0 Å². The van der Waals surface area contributed by atoms with Gasteiger partial charge in [-0.25, -0.2) is 0 Å². The Labute approximate surface area is 218 Å². The van der Waals surface area contributed by atoms with E-state index < -0.39 is 5.97 Å². The molecule has 1 aliphatic heterocycles. The molecule has 3 aromatic rings. The average Bonchev–Trinajstić information content (AvgIpc) is 3.19. The Morgan fingerprint density at radius 1 is 1.00 bits per heavy atom. The summed E-state index contributed by atoms with van der Waals surface area (Å²) < 4.78 is 11.5. The molecule has 6 heteroatoms. The Kier molecular flexibility index (Phi) is 7.86. The maximum absolute atomic E-state index is 13.1. The van der Waals surface area contributed by atoms with E-state index in [2.05, 4.69) is 45.0 Å². The van der Waals surface area contributed by atoms with Crippen molar-refractivity contribution in [3.05, 3.63) is 94.5 Å². The molecule has 0 aliphatic carbocycles. The number of ether oxygens (including phenoxy) is 2. The van der Waals surface area contributed by atoms with Crippen LogP contribution in [0.3, 0.4) is 0 Å². The van der Waals surface area contributed by atoms with Crippen LogP contribution < -0.4 is 9.47 Å². The highest BCUT2D eigenvalue weighted by atomic mass is 16.5. The highest BCUT2D eigenvalue weighted by Crippen LogP contribution is 2.37. The predicted octanol–water partition coefficient (Wildman–Crippen LogP) is 5.41. The molecule has 3 aromatic carbocycles. The van der Waals surface area contributed by atoms with E-state index in [1.165, 1.54) is 16.0 Å². The van der Waals surface area contributed by atoms with Crippen molar-refractivity contribution in [3.63, 3.8) is 0 Å². The standard InChI is InChI=1S/C31H35NO5/c1-21(2)25-10-5-22(6-11-25)17-31(3)18-26-15-24(9-14-28(26)37-31)16-29(33)32(20-30(34)35)19-23-7-12-27(36-4)13-8-23/h5-15,21H,16-20H2,1-4H3,(H,34,35). The lowest BCUT2D eigenvalue weighted by Crippen LogP contribution is -2.36. The predicted molar refractivity (Wildman–Crippen MR) is 143 cm³/mol. The van der Waals surface area contributed by atoms with Crippen LogP contribution >= 0.6 is 0 Å². The molecular weight excluding hydrogens is 466 g/mol. The molecule has 1 heterocycles. The zero-order chi connectivity index (χ0) is 26.6. The molecule has 6 nitrogen and oxygen atoms in total. The molecular formula is C31H35NO5. The van der Waals surface area contributed by atoms with Gasteiger partial charge in [-0.3, -0.25) is 9.59 Å². The third-order valence-electron chi connectivity index (χ3n) is 6.84. The first kappa shape index (κ1) is 26.3. The molecule has 1 N–H and O–H groups in total. The van der Waals surface area contributed by atoms with E-state index in [1.807, 2.05) is 30.3 Å². The first-order valence-corrected chi connectivity index (χ1v) is 12.7. The highest BCUT2D eigenvalue weighted by molar-refractivity contribution is 5.83. The fourth-order valence-corrected chi connectivity index (χ4v) is 4.87. The normalized spacial score (nSPS) is 16.2. The Morgan fingerprint density at radius 3 is 2.27 bits per heavy atom. The fraction of sp³-hybridized carbons (Fsp3) is 0.355. The summed E-state index contributed by atoms with van der Waals surface area (Å²) in [6.07, 6.45) is 1.67. The van der Waals surface area contributed by atoms with Gasteiger partial charge in [-0.15, -0.1) is 0 Å². The van der Waals surface area contributed by atoms with Crippen molar-refractivity contribution in [3.8, 4) is 11.5 Å². The minimum absolute atomic E-state index is 0.129. The maximum Gasteiger partial charge on any atom is 0.323 e. The number of hydrogen-bond donors (Lipinski definition) is 1. The monoisotopic (exact) mass is 501 g/mol. The van der Waals surface area contributed by atoms with Gasteiger partial charge in [-0.05, 0) is 58.9 Å². The summed E-state index contributed by atoms with van der Waals surface area (Å²) in [5.41, 5.74) is 4.97. The van der Waals surface area contributed by atoms with Crippen LogP contribution in [-0.2, 0) is 35.4 Å². The number of fused-ring (bicyclic) bond motifs is 1. The van der Waals surface area contributed by atoms with Crippen LogP contribution in [0, 0.1) is 0 Å². The van der Waals surface area contributed by atoms with Gasteiger partial charge >= 0.3 is 5.97 Å². The first-order chi connectivity index (χ1) is 17.6. The summed E-state index contributed by atoms with van der Waals surface area (Å²) in [5.74, 6) is 0.782. The summed E-state index contributed by atoms with van der Waals surface area (Å²) in [6.45, 7) is 6.37. The molecule has 1 unspecified atom stereocenters. The highest BCUT2D eigenvalue weighted by Gasteiger charge is 2.35. The van der Waals surface area contributed by atoms with Gasteiger partial charge in [0.1, 0.15) is 23.6 Å². The lowest BCUT2D eigenvalue weighted by Gasteiger charge is -2.24. The van der Waals surface area contributed by atoms with Crippen molar-refractivity contribution in [1.29, 1.82) is 0 Å². The molecule has 0 radical (unpaired) electrons. The summed E-state index contributed by atoms with van der Waals surface area (Å²) >= 11 is 0. The summed E-state index contributed by atoms with van der Waals surface area (Å²) in [6, 6.07) is 21.8. The topological polar surface area (TPSA) is 76.1 Å². The summed E-state index contributed by atoms with van der Waals surface area (Å²) in [4.78, 5) is 26.0. The molecule has 0 bridgehead atoms. The van der Waals surface area contributed by atoms with Crippen molar-refractivity contribution in [2.24, 2.45) is 0 Å². The van der Waals surface area contributed by atoms with Gasteiger partial charge < -0.3 is 19.5 Å². The van der Waals surface area contributed by atoms with Crippen molar-refractivity contribution in [1.82, 2.24) is 4.90 Å². The number of carboxylic acid groups (broad SMARTS) is 1. The van der Waals surface area contributed by atoms with E-state index in [1.54, 1.807) is 19.2 Å². The SMILES string of the molecule is COc1ccc(CN(CC(=O)O)C(=O)Cc2ccc3c(c2)CC(C)(Cc2ccc(C(C)C)cc2)O3)cc1. The minimum atomic E-state index is -1.04. The Bertz CT molecular complexity index is 1250. The largest absolute Gasteiger partial charge is 0.497 e. The van der Waals surface area contributed by atoms with Crippen LogP contribution in [0.25, 0.3) is 0 Å². The molecule has 1 atom stereocenters. The lowest BCUT2D eigenvalue weighted by atomic mass is 9.90. The number of hydrogen-bond acceptors (Lipinski definition) is 4. The maximum atomic E-state index is 13.1.